The normalized spacial score (nSPS) is 15.2. The van der Waals surface area contributed by atoms with Crippen molar-refractivity contribution in [3.63, 3.8) is 0 Å². The standard InChI is InChI=1S/C16H18Cl2N4O2/c1-10(2)14-19-20-16(24-14)22-7-5-21(6-8-22)15(23)11-3-4-12(17)13(18)9-11/h3-4,9-10H,5-8H2,1-2H3. The summed E-state index contributed by atoms with van der Waals surface area (Å²) in [6, 6.07) is 5.45. The van der Waals surface area contributed by atoms with Crippen LogP contribution in [0.2, 0.25) is 10.0 Å². The number of rotatable bonds is 3. The Kier molecular flexibility index (Phi) is 4.96. The molecule has 2 aromatic rings. The predicted octanol–water partition coefficient (Wildman–Crippen LogP) is 3.46. The largest absolute Gasteiger partial charge is 0.408 e. The van der Waals surface area contributed by atoms with Crippen molar-refractivity contribution in [1.82, 2.24) is 15.1 Å². The lowest BCUT2D eigenvalue weighted by Gasteiger charge is -2.33. The number of nitrogens with zero attached hydrogens (tertiary/aromatic N) is 4. The summed E-state index contributed by atoms with van der Waals surface area (Å²) in [6.45, 7) is 6.47. The van der Waals surface area contributed by atoms with Crippen molar-refractivity contribution in [3.8, 4) is 0 Å². The van der Waals surface area contributed by atoms with E-state index in [1.807, 2.05) is 18.7 Å². The highest BCUT2D eigenvalue weighted by molar-refractivity contribution is 6.42. The molecule has 2 heterocycles. The molecule has 0 bridgehead atoms. The fourth-order valence-corrected chi connectivity index (χ4v) is 2.80. The maximum absolute atomic E-state index is 12.6. The predicted molar refractivity (Wildman–Crippen MR) is 93.0 cm³/mol. The van der Waals surface area contributed by atoms with Crippen LogP contribution in [0.1, 0.15) is 36.0 Å². The van der Waals surface area contributed by atoms with Gasteiger partial charge in [0.1, 0.15) is 0 Å². The van der Waals surface area contributed by atoms with Crippen molar-refractivity contribution >= 4 is 35.1 Å². The number of halogens is 2. The van der Waals surface area contributed by atoms with E-state index < -0.39 is 0 Å². The van der Waals surface area contributed by atoms with Gasteiger partial charge in [-0.3, -0.25) is 4.79 Å². The first-order valence-electron chi connectivity index (χ1n) is 7.78. The second-order valence-corrected chi connectivity index (χ2v) is 6.80. The van der Waals surface area contributed by atoms with Crippen molar-refractivity contribution in [2.24, 2.45) is 0 Å². The Balaban J connectivity index is 1.63. The van der Waals surface area contributed by atoms with Crippen LogP contribution in [0.5, 0.6) is 0 Å². The second kappa shape index (κ2) is 6.99. The number of anilines is 1. The van der Waals surface area contributed by atoms with Gasteiger partial charge >= 0.3 is 6.01 Å². The van der Waals surface area contributed by atoms with Crippen molar-refractivity contribution in [2.45, 2.75) is 19.8 Å². The van der Waals surface area contributed by atoms with E-state index in [4.69, 9.17) is 27.6 Å². The molecule has 0 saturated carbocycles. The highest BCUT2D eigenvalue weighted by Gasteiger charge is 2.25. The smallest absolute Gasteiger partial charge is 0.318 e. The quantitative estimate of drug-likeness (QED) is 0.829. The molecule has 0 radical (unpaired) electrons. The van der Waals surface area contributed by atoms with E-state index in [0.717, 1.165) is 0 Å². The van der Waals surface area contributed by atoms with E-state index in [1.165, 1.54) is 0 Å². The fourth-order valence-electron chi connectivity index (χ4n) is 2.50. The zero-order chi connectivity index (χ0) is 17.3. The minimum atomic E-state index is -0.0541. The van der Waals surface area contributed by atoms with Gasteiger partial charge in [-0.2, -0.15) is 0 Å². The molecule has 0 aliphatic carbocycles. The summed E-state index contributed by atoms with van der Waals surface area (Å²) in [5.74, 6) is 0.768. The monoisotopic (exact) mass is 368 g/mol. The van der Waals surface area contributed by atoms with Gasteiger partial charge in [-0.05, 0) is 18.2 Å². The molecule has 1 aliphatic heterocycles. The number of benzene rings is 1. The molecule has 8 heteroatoms. The van der Waals surface area contributed by atoms with Crippen LogP contribution in [-0.4, -0.2) is 47.2 Å². The van der Waals surface area contributed by atoms with Crippen LogP contribution in [0.3, 0.4) is 0 Å². The third-order valence-electron chi connectivity index (χ3n) is 3.93. The second-order valence-electron chi connectivity index (χ2n) is 5.99. The van der Waals surface area contributed by atoms with Crippen LogP contribution in [0, 0.1) is 0 Å². The fraction of sp³-hybridized carbons (Fsp3) is 0.438. The molecule has 6 nitrogen and oxygen atoms in total. The lowest BCUT2D eigenvalue weighted by Crippen LogP contribution is -2.49. The van der Waals surface area contributed by atoms with Crippen LogP contribution in [0.25, 0.3) is 0 Å². The molecule has 1 amide bonds. The number of hydrogen-bond donors (Lipinski definition) is 0. The molecule has 1 fully saturated rings. The van der Waals surface area contributed by atoms with E-state index in [0.29, 0.717) is 53.7 Å². The van der Waals surface area contributed by atoms with Crippen LogP contribution in [0.15, 0.2) is 22.6 Å². The molecule has 1 saturated heterocycles. The number of amides is 1. The minimum absolute atomic E-state index is 0.0541. The van der Waals surface area contributed by atoms with Gasteiger partial charge in [-0.1, -0.05) is 42.1 Å². The van der Waals surface area contributed by atoms with Gasteiger partial charge in [0, 0.05) is 37.7 Å². The zero-order valence-corrected chi connectivity index (χ0v) is 15.0. The first-order valence-corrected chi connectivity index (χ1v) is 8.54. The highest BCUT2D eigenvalue weighted by Crippen LogP contribution is 2.24. The summed E-state index contributed by atoms with van der Waals surface area (Å²) in [5, 5.41) is 8.95. The van der Waals surface area contributed by atoms with E-state index >= 15 is 0 Å². The van der Waals surface area contributed by atoms with E-state index in [9.17, 15) is 4.79 Å². The molecule has 1 aromatic carbocycles. The first-order chi connectivity index (χ1) is 11.5. The van der Waals surface area contributed by atoms with Gasteiger partial charge in [0.25, 0.3) is 5.91 Å². The van der Waals surface area contributed by atoms with Crippen molar-refractivity contribution in [2.75, 3.05) is 31.1 Å². The molecule has 3 rings (SSSR count). The molecule has 0 spiro atoms. The topological polar surface area (TPSA) is 62.5 Å². The number of piperazine rings is 1. The number of carbonyl (C=O) groups excluding carboxylic acids is 1. The minimum Gasteiger partial charge on any atom is -0.408 e. The molecule has 24 heavy (non-hydrogen) atoms. The third kappa shape index (κ3) is 3.49. The van der Waals surface area contributed by atoms with Crippen LogP contribution in [-0.2, 0) is 0 Å². The van der Waals surface area contributed by atoms with Gasteiger partial charge in [-0.25, -0.2) is 0 Å². The van der Waals surface area contributed by atoms with E-state index in [1.54, 1.807) is 23.1 Å². The molecule has 1 aromatic heterocycles. The van der Waals surface area contributed by atoms with Gasteiger partial charge in [0.15, 0.2) is 0 Å². The molecule has 0 N–H and O–H groups in total. The third-order valence-corrected chi connectivity index (χ3v) is 4.67. The van der Waals surface area contributed by atoms with Crippen LogP contribution in [0.4, 0.5) is 6.01 Å². The zero-order valence-electron chi connectivity index (χ0n) is 13.5. The van der Waals surface area contributed by atoms with Crippen molar-refractivity contribution in [3.05, 3.63) is 39.7 Å². The molecule has 1 aliphatic rings. The Labute approximate surface area is 150 Å². The molecule has 0 unspecified atom stereocenters. The van der Waals surface area contributed by atoms with Crippen molar-refractivity contribution < 1.29 is 9.21 Å². The summed E-state index contributed by atoms with van der Waals surface area (Å²) in [6.07, 6.45) is 0. The summed E-state index contributed by atoms with van der Waals surface area (Å²) >= 11 is 11.9. The SMILES string of the molecule is CC(C)c1nnc(N2CCN(C(=O)c3ccc(Cl)c(Cl)c3)CC2)o1. The Morgan fingerprint density at radius 3 is 2.42 bits per heavy atom. The highest BCUT2D eigenvalue weighted by atomic mass is 35.5. The molecular weight excluding hydrogens is 351 g/mol. The van der Waals surface area contributed by atoms with Gasteiger partial charge < -0.3 is 14.2 Å². The summed E-state index contributed by atoms with van der Waals surface area (Å²) in [5.41, 5.74) is 0.540. The average Bonchev–Trinajstić information content (AvgIpc) is 3.07. The van der Waals surface area contributed by atoms with Gasteiger partial charge in [0.2, 0.25) is 5.89 Å². The average molecular weight is 369 g/mol. The molecule has 128 valence electrons. The van der Waals surface area contributed by atoms with Crippen LogP contribution < -0.4 is 4.90 Å². The summed E-state index contributed by atoms with van der Waals surface area (Å²) in [7, 11) is 0. The summed E-state index contributed by atoms with van der Waals surface area (Å²) in [4.78, 5) is 16.3. The maximum atomic E-state index is 12.6. The number of aromatic nitrogens is 2. The molecular formula is C16H18Cl2N4O2. The maximum Gasteiger partial charge on any atom is 0.318 e. The molecule has 0 atom stereocenters. The van der Waals surface area contributed by atoms with E-state index in [2.05, 4.69) is 10.2 Å². The lowest BCUT2D eigenvalue weighted by molar-refractivity contribution is 0.0745. The Morgan fingerprint density at radius 2 is 1.83 bits per heavy atom. The Hall–Kier alpha value is -1.79. The van der Waals surface area contributed by atoms with Gasteiger partial charge in [-0.15, -0.1) is 5.10 Å². The first kappa shape index (κ1) is 17.0. The van der Waals surface area contributed by atoms with E-state index in [-0.39, 0.29) is 11.8 Å². The van der Waals surface area contributed by atoms with Gasteiger partial charge in [0.05, 0.1) is 10.0 Å². The Morgan fingerprint density at radius 1 is 1.12 bits per heavy atom. The lowest BCUT2D eigenvalue weighted by atomic mass is 10.2. The number of hydrogen-bond acceptors (Lipinski definition) is 5. The van der Waals surface area contributed by atoms with Crippen molar-refractivity contribution in [1.29, 1.82) is 0 Å². The van der Waals surface area contributed by atoms with Crippen LogP contribution >= 0.6 is 23.2 Å². The summed E-state index contributed by atoms with van der Waals surface area (Å²) < 4.78 is 5.66. The Bertz CT molecular complexity index is 739. The number of carbonyl (C=O) groups is 1.